The van der Waals surface area contributed by atoms with Gasteiger partial charge < -0.3 is 15.0 Å². The van der Waals surface area contributed by atoms with Crippen molar-refractivity contribution >= 4 is 11.8 Å². The van der Waals surface area contributed by atoms with Gasteiger partial charge in [-0.05, 0) is 37.0 Å². The summed E-state index contributed by atoms with van der Waals surface area (Å²) in [6.45, 7) is 2.32. The molecule has 1 fully saturated rings. The molecule has 3 aromatic rings. The van der Waals surface area contributed by atoms with Crippen molar-refractivity contribution in [3.8, 4) is 5.75 Å². The monoisotopic (exact) mass is 432 g/mol. The van der Waals surface area contributed by atoms with Gasteiger partial charge in [-0.15, -0.1) is 0 Å². The number of para-hydroxylation sites is 1. The lowest BCUT2D eigenvalue weighted by atomic mass is 9.95. The zero-order chi connectivity index (χ0) is 22.3. The van der Waals surface area contributed by atoms with E-state index in [2.05, 4.69) is 10.4 Å². The van der Waals surface area contributed by atoms with Gasteiger partial charge in [-0.1, -0.05) is 36.4 Å². The fourth-order valence-electron chi connectivity index (χ4n) is 3.92. The summed E-state index contributed by atoms with van der Waals surface area (Å²) in [6.07, 6.45) is 4.99. The van der Waals surface area contributed by atoms with E-state index < -0.39 is 0 Å². The number of nitrogens with zero attached hydrogens (tertiary/aromatic N) is 3. The number of carbonyl (C=O) groups excluding carboxylic acids is 2. The van der Waals surface area contributed by atoms with Crippen LogP contribution in [0.4, 0.5) is 0 Å². The van der Waals surface area contributed by atoms with Gasteiger partial charge in [0.1, 0.15) is 12.4 Å². The zero-order valence-corrected chi connectivity index (χ0v) is 18.2. The number of likely N-dealkylation sites (tertiary alicyclic amines) is 1. The van der Waals surface area contributed by atoms with E-state index in [-0.39, 0.29) is 11.8 Å². The van der Waals surface area contributed by atoms with Crippen LogP contribution in [0.25, 0.3) is 0 Å². The Morgan fingerprint density at radius 1 is 1.06 bits per heavy atom. The highest BCUT2D eigenvalue weighted by molar-refractivity contribution is 5.95. The van der Waals surface area contributed by atoms with Crippen LogP contribution >= 0.6 is 0 Å². The maximum Gasteiger partial charge on any atom is 0.254 e. The lowest BCUT2D eigenvalue weighted by Crippen LogP contribution is -2.41. The molecule has 1 aliphatic heterocycles. The van der Waals surface area contributed by atoms with Crippen molar-refractivity contribution in [1.29, 1.82) is 0 Å². The third kappa shape index (κ3) is 5.35. The van der Waals surface area contributed by atoms with Crippen molar-refractivity contribution in [2.45, 2.75) is 19.4 Å². The molecule has 0 aliphatic carbocycles. The van der Waals surface area contributed by atoms with E-state index in [0.717, 1.165) is 24.2 Å². The fraction of sp³-hybridized carbons (Fsp3) is 0.320. The SMILES string of the molecule is Cn1cc(C(=O)NCC2CCN(C(=O)c3ccccc3COc3ccccc3)CC2)cn1. The molecule has 1 aliphatic rings. The van der Waals surface area contributed by atoms with Crippen LogP contribution in [0.2, 0.25) is 0 Å². The van der Waals surface area contributed by atoms with Crippen LogP contribution in [0.5, 0.6) is 5.75 Å². The molecule has 7 heteroatoms. The minimum Gasteiger partial charge on any atom is -0.489 e. The van der Waals surface area contributed by atoms with Gasteiger partial charge in [-0.2, -0.15) is 5.10 Å². The van der Waals surface area contributed by atoms with Gasteiger partial charge in [-0.25, -0.2) is 0 Å². The van der Waals surface area contributed by atoms with E-state index in [1.165, 1.54) is 0 Å². The number of carbonyl (C=O) groups is 2. The number of hydrogen-bond donors (Lipinski definition) is 1. The summed E-state index contributed by atoms with van der Waals surface area (Å²) in [6, 6.07) is 17.2. The van der Waals surface area contributed by atoms with E-state index in [1.54, 1.807) is 24.1 Å². The molecule has 4 rings (SSSR count). The summed E-state index contributed by atoms with van der Waals surface area (Å²) in [4.78, 5) is 27.3. The number of rotatable bonds is 7. The summed E-state index contributed by atoms with van der Waals surface area (Å²) in [5.74, 6) is 1.07. The summed E-state index contributed by atoms with van der Waals surface area (Å²) in [7, 11) is 1.79. The first-order chi connectivity index (χ1) is 15.6. The van der Waals surface area contributed by atoms with E-state index >= 15 is 0 Å². The fourth-order valence-corrected chi connectivity index (χ4v) is 3.92. The molecule has 0 spiro atoms. The first kappa shape index (κ1) is 21.6. The van der Waals surface area contributed by atoms with Crippen LogP contribution in [0.3, 0.4) is 0 Å². The number of piperidine rings is 1. The van der Waals surface area contributed by atoms with Crippen LogP contribution in [0.1, 0.15) is 39.1 Å². The quantitative estimate of drug-likeness (QED) is 0.622. The standard InChI is InChI=1S/C25H28N4O3/c1-28-17-21(16-27-28)24(30)26-15-19-11-13-29(14-12-19)25(31)23-10-6-5-7-20(23)18-32-22-8-3-2-4-9-22/h2-10,16-17,19H,11-15,18H2,1H3,(H,26,30). The normalized spacial score (nSPS) is 14.2. The molecule has 0 saturated carbocycles. The summed E-state index contributed by atoms with van der Waals surface area (Å²) in [5.41, 5.74) is 2.13. The first-order valence-electron chi connectivity index (χ1n) is 10.9. The number of ether oxygens (including phenoxy) is 1. The van der Waals surface area contributed by atoms with Gasteiger partial charge in [0.05, 0.1) is 11.8 Å². The van der Waals surface area contributed by atoms with Crippen LogP contribution in [0, 0.1) is 5.92 Å². The van der Waals surface area contributed by atoms with Crippen LogP contribution in [0.15, 0.2) is 67.0 Å². The lowest BCUT2D eigenvalue weighted by molar-refractivity contribution is 0.0681. The van der Waals surface area contributed by atoms with Crippen molar-refractivity contribution in [2.75, 3.05) is 19.6 Å². The molecule has 0 radical (unpaired) electrons. The summed E-state index contributed by atoms with van der Waals surface area (Å²) < 4.78 is 7.48. The Morgan fingerprint density at radius 2 is 1.78 bits per heavy atom. The predicted molar refractivity (Wildman–Crippen MR) is 121 cm³/mol. The summed E-state index contributed by atoms with van der Waals surface area (Å²) >= 11 is 0. The minimum absolute atomic E-state index is 0.0371. The van der Waals surface area contributed by atoms with Crippen molar-refractivity contribution in [2.24, 2.45) is 13.0 Å². The lowest BCUT2D eigenvalue weighted by Gasteiger charge is -2.32. The van der Waals surface area contributed by atoms with Crippen molar-refractivity contribution < 1.29 is 14.3 Å². The summed E-state index contributed by atoms with van der Waals surface area (Å²) in [5, 5.41) is 7.02. The third-order valence-corrected chi connectivity index (χ3v) is 5.81. The minimum atomic E-state index is -0.107. The van der Waals surface area contributed by atoms with Gasteiger partial charge in [0.15, 0.2) is 0 Å². The van der Waals surface area contributed by atoms with Gasteiger partial charge in [0.25, 0.3) is 11.8 Å². The highest BCUT2D eigenvalue weighted by Crippen LogP contribution is 2.21. The number of aryl methyl sites for hydroxylation is 1. The average molecular weight is 433 g/mol. The highest BCUT2D eigenvalue weighted by atomic mass is 16.5. The smallest absolute Gasteiger partial charge is 0.254 e. The molecule has 0 atom stereocenters. The number of hydrogen-bond acceptors (Lipinski definition) is 4. The molecule has 32 heavy (non-hydrogen) atoms. The molecule has 2 aromatic carbocycles. The molecule has 0 bridgehead atoms. The molecule has 0 unspecified atom stereocenters. The van der Waals surface area contributed by atoms with E-state index in [0.29, 0.717) is 43.3 Å². The number of aromatic nitrogens is 2. The molecular weight excluding hydrogens is 404 g/mol. The Morgan fingerprint density at radius 3 is 2.50 bits per heavy atom. The second kappa shape index (κ2) is 10.1. The third-order valence-electron chi connectivity index (χ3n) is 5.81. The van der Waals surface area contributed by atoms with Gasteiger partial charge in [-0.3, -0.25) is 14.3 Å². The van der Waals surface area contributed by atoms with Gasteiger partial charge in [0, 0.05) is 44.0 Å². The average Bonchev–Trinajstić information content (AvgIpc) is 3.28. The van der Waals surface area contributed by atoms with E-state index in [1.807, 2.05) is 59.5 Å². The predicted octanol–water partition coefficient (Wildman–Crippen LogP) is 3.28. The second-order valence-electron chi connectivity index (χ2n) is 8.11. The number of nitrogens with one attached hydrogen (secondary N) is 1. The Labute approximate surface area is 188 Å². The van der Waals surface area contributed by atoms with Crippen LogP contribution in [-0.4, -0.2) is 46.1 Å². The van der Waals surface area contributed by atoms with Gasteiger partial charge in [0.2, 0.25) is 0 Å². The second-order valence-corrected chi connectivity index (χ2v) is 8.11. The van der Waals surface area contributed by atoms with Crippen LogP contribution in [-0.2, 0) is 13.7 Å². The zero-order valence-electron chi connectivity index (χ0n) is 18.2. The molecule has 166 valence electrons. The van der Waals surface area contributed by atoms with E-state index in [9.17, 15) is 9.59 Å². The first-order valence-corrected chi connectivity index (χ1v) is 10.9. The molecular formula is C25H28N4O3. The molecule has 1 aromatic heterocycles. The highest BCUT2D eigenvalue weighted by Gasteiger charge is 2.25. The number of benzene rings is 2. The Kier molecular flexibility index (Phi) is 6.84. The van der Waals surface area contributed by atoms with Gasteiger partial charge >= 0.3 is 0 Å². The molecule has 1 N–H and O–H groups in total. The number of amides is 2. The van der Waals surface area contributed by atoms with Crippen molar-refractivity contribution in [3.63, 3.8) is 0 Å². The van der Waals surface area contributed by atoms with Crippen molar-refractivity contribution in [3.05, 3.63) is 83.7 Å². The maximum absolute atomic E-state index is 13.2. The Balaban J connectivity index is 1.29. The Bertz CT molecular complexity index is 1060. The van der Waals surface area contributed by atoms with Crippen LogP contribution < -0.4 is 10.1 Å². The molecule has 2 amide bonds. The topological polar surface area (TPSA) is 76.5 Å². The molecule has 2 heterocycles. The Hall–Kier alpha value is -3.61. The molecule has 1 saturated heterocycles. The largest absolute Gasteiger partial charge is 0.489 e. The van der Waals surface area contributed by atoms with Crippen molar-refractivity contribution in [1.82, 2.24) is 20.0 Å². The maximum atomic E-state index is 13.2. The molecule has 7 nitrogen and oxygen atoms in total. The van der Waals surface area contributed by atoms with E-state index in [4.69, 9.17) is 4.74 Å².